The largest absolute Gasteiger partial charge is 0.396 e. The van der Waals surface area contributed by atoms with Crippen molar-refractivity contribution in [2.24, 2.45) is 0 Å². The maximum absolute atomic E-state index is 9.10. The Hall–Kier alpha value is -1.36. The second-order valence-corrected chi connectivity index (χ2v) is 5.18. The zero-order valence-corrected chi connectivity index (χ0v) is 10.5. The average molecular weight is 248 g/mol. The molecule has 0 aromatic carbocycles. The van der Waals surface area contributed by atoms with Gasteiger partial charge in [-0.05, 0) is 32.1 Å². The number of anilines is 2. The lowest BCUT2D eigenvalue weighted by Gasteiger charge is -2.25. The van der Waals surface area contributed by atoms with Crippen LogP contribution < -0.4 is 10.2 Å². The molecular formula is C13H20N4O. The number of aliphatic hydroxyl groups excluding tert-OH is 1. The minimum Gasteiger partial charge on any atom is -0.396 e. The molecule has 1 unspecified atom stereocenters. The van der Waals surface area contributed by atoms with E-state index in [1.54, 1.807) is 6.33 Å². The van der Waals surface area contributed by atoms with Crippen molar-refractivity contribution in [1.29, 1.82) is 0 Å². The molecule has 1 atom stereocenters. The van der Waals surface area contributed by atoms with E-state index in [1.165, 1.54) is 19.3 Å². The van der Waals surface area contributed by atoms with Crippen LogP contribution in [0.4, 0.5) is 11.6 Å². The van der Waals surface area contributed by atoms with Gasteiger partial charge in [-0.15, -0.1) is 0 Å². The van der Waals surface area contributed by atoms with E-state index in [1.807, 2.05) is 6.07 Å². The van der Waals surface area contributed by atoms with E-state index in [0.29, 0.717) is 12.1 Å². The standard InChI is InChI=1S/C13H20N4O/c18-7-5-11-2-1-6-17(11)13-8-12(14-9-15-13)16-10-3-4-10/h8-11,18H,1-7H2,(H,14,15,16). The number of hydrogen-bond acceptors (Lipinski definition) is 5. The van der Waals surface area contributed by atoms with Crippen molar-refractivity contribution < 1.29 is 5.11 Å². The van der Waals surface area contributed by atoms with E-state index in [-0.39, 0.29) is 6.61 Å². The number of nitrogens with one attached hydrogen (secondary N) is 1. The van der Waals surface area contributed by atoms with Gasteiger partial charge in [0, 0.05) is 31.3 Å². The van der Waals surface area contributed by atoms with Crippen LogP contribution in [-0.4, -0.2) is 40.3 Å². The molecular weight excluding hydrogens is 228 g/mol. The number of nitrogens with zero attached hydrogens (tertiary/aromatic N) is 3. The molecule has 0 bridgehead atoms. The van der Waals surface area contributed by atoms with Gasteiger partial charge in [0.05, 0.1) is 0 Å². The number of aliphatic hydroxyl groups is 1. The van der Waals surface area contributed by atoms with Crippen molar-refractivity contribution >= 4 is 11.6 Å². The van der Waals surface area contributed by atoms with E-state index >= 15 is 0 Å². The van der Waals surface area contributed by atoms with Crippen molar-refractivity contribution in [3.8, 4) is 0 Å². The molecule has 2 heterocycles. The van der Waals surface area contributed by atoms with Gasteiger partial charge < -0.3 is 15.3 Å². The quantitative estimate of drug-likeness (QED) is 0.825. The van der Waals surface area contributed by atoms with Crippen LogP contribution in [0.15, 0.2) is 12.4 Å². The third-order valence-electron chi connectivity index (χ3n) is 3.72. The summed E-state index contributed by atoms with van der Waals surface area (Å²) in [6.07, 6.45) is 7.28. The third-order valence-corrected chi connectivity index (χ3v) is 3.72. The van der Waals surface area contributed by atoms with Gasteiger partial charge in [0.1, 0.15) is 18.0 Å². The van der Waals surface area contributed by atoms with Crippen LogP contribution in [0.2, 0.25) is 0 Å². The van der Waals surface area contributed by atoms with Crippen LogP contribution in [-0.2, 0) is 0 Å². The molecule has 1 aromatic heterocycles. The SMILES string of the molecule is OCCC1CCCN1c1cc(NC2CC2)ncn1. The molecule has 1 aromatic rings. The Bertz CT molecular complexity index is 408. The lowest BCUT2D eigenvalue weighted by Crippen LogP contribution is -2.30. The summed E-state index contributed by atoms with van der Waals surface area (Å²) in [4.78, 5) is 10.9. The van der Waals surface area contributed by atoms with Gasteiger partial charge >= 0.3 is 0 Å². The van der Waals surface area contributed by atoms with E-state index in [4.69, 9.17) is 5.11 Å². The van der Waals surface area contributed by atoms with Gasteiger partial charge in [-0.1, -0.05) is 0 Å². The Morgan fingerprint density at radius 1 is 1.33 bits per heavy atom. The van der Waals surface area contributed by atoms with Crippen molar-refractivity contribution in [3.05, 3.63) is 12.4 Å². The number of hydrogen-bond donors (Lipinski definition) is 2. The first-order valence-electron chi connectivity index (χ1n) is 6.83. The Labute approximate surface area is 107 Å². The second kappa shape index (κ2) is 5.10. The Morgan fingerprint density at radius 2 is 2.22 bits per heavy atom. The highest BCUT2D eigenvalue weighted by atomic mass is 16.3. The first-order valence-corrected chi connectivity index (χ1v) is 6.83. The predicted molar refractivity (Wildman–Crippen MR) is 70.7 cm³/mol. The summed E-state index contributed by atoms with van der Waals surface area (Å²) in [5, 5.41) is 12.5. The molecule has 2 aliphatic rings. The first-order chi connectivity index (χ1) is 8.86. The number of aromatic nitrogens is 2. The van der Waals surface area contributed by atoms with Gasteiger partial charge in [-0.25, -0.2) is 9.97 Å². The lowest BCUT2D eigenvalue weighted by molar-refractivity contribution is 0.275. The van der Waals surface area contributed by atoms with Crippen molar-refractivity contribution in [2.45, 2.75) is 44.2 Å². The fourth-order valence-electron chi connectivity index (χ4n) is 2.61. The molecule has 1 saturated heterocycles. The predicted octanol–water partition coefficient (Wildman–Crippen LogP) is 1.40. The molecule has 18 heavy (non-hydrogen) atoms. The van der Waals surface area contributed by atoms with Gasteiger partial charge in [0.15, 0.2) is 0 Å². The first kappa shape index (κ1) is 11.7. The minimum absolute atomic E-state index is 0.249. The van der Waals surface area contributed by atoms with E-state index in [9.17, 15) is 0 Å². The molecule has 98 valence electrons. The van der Waals surface area contributed by atoms with E-state index in [2.05, 4.69) is 20.2 Å². The molecule has 5 nitrogen and oxygen atoms in total. The highest BCUT2D eigenvalue weighted by Gasteiger charge is 2.26. The Morgan fingerprint density at radius 3 is 3.00 bits per heavy atom. The Balaban J connectivity index is 1.73. The molecule has 0 radical (unpaired) electrons. The van der Waals surface area contributed by atoms with Crippen LogP contribution in [0.5, 0.6) is 0 Å². The zero-order chi connectivity index (χ0) is 12.4. The fourth-order valence-corrected chi connectivity index (χ4v) is 2.61. The van der Waals surface area contributed by atoms with Crippen molar-refractivity contribution in [3.63, 3.8) is 0 Å². The molecule has 2 N–H and O–H groups in total. The Kier molecular flexibility index (Phi) is 3.32. The van der Waals surface area contributed by atoms with Gasteiger partial charge in [-0.2, -0.15) is 0 Å². The average Bonchev–Trinajstić information content (AvgIpc) is 3.07. The van der Waals surface area contributed by atoms with Gasteiger partial charge in [0.25, 0.3) is 0 Å². The molecule has 2 fully saturated rings. The normalized spacial score (nSPS) is 23.4. The van der Waals surface area contributed by atoms with E-state index in [0.717, 1.165) is 31.0 Å². The maximum atomic E-state index is 9.10. The molecule has 1 aliphatic carbocycles. The van der Waals surface area contributed by atoms with Crippen LogP contribution in [0, 0.1) is 0 Å². The molecule has 1 saturated carbocycles. The zero-order valence-electron chi connectivity index (χ0n) is 10.5. The molecule has 0 spiro atoms. The molecule has 3 rings (SSSR count). The smallest absolute Gasteiger partial charge is 0.134 e. The van der Waals surface area contributed by atoms with Crippen molar-refractivity contribution in [1.82, 2.24) is 9.97 Å². The monoisotopic (exact) mass is 248 g/mol. The summed E-state index contributed by atoms with van der Waals surface area (Å²) >= 11 is 0. The maximum Gasteiger partial charge on any atom is 0.134 e. The molecule has 1 aliphatic heterocycles. The second-order valence-electron chi connectivity index (χ2n) is 5.18. The highest BCUT2D eigenvalue weighted by Crippen LogP contribution is 2.28. The third kappa shape index (κ3) is 2.56. The van der Waals surface area contributed by atoms with Gasteiger partial charge in [0.2, 0.25) is 0 Å². The number of rotatable bonds is 5. The molecule has 5 heteroatoms. The summed E-state index contributed by atoms with van der Waals surface area (Å²) in [5.41, 5.74) is 0. The highest BCUT2D eigenvalue weighted by molar-refractivity contribution is 5.50. The fraction of sp³-hybridized carbons (Fsp3) is 0.692. The van der Waals surface area contributed by atoms with Gasteiger partial charge in [-0.3, -0.25) is 0 Å². The molecule has 0 amide bonds. The summed E-state index contributed by atoms with van der Waals surface area (Å²) in [5.74, 6) is 1.92. The van der Waals surface area contributed by atoms with Crippen LogP contribution in [0.1, 0.15) is 32.1 Å². The lowest BCUT2D eigenvalue weighted by atomic mass is 10.1. The minimum atomic E-state index is 0.249. The van der Waals surface area contributed by atoms with Crippen LogP contribution >= 0.6 is 0 Å². The summed E-state index contributed by atoms with van der Waals surface area (Å²) in [7, 11) is 0. The van der Waals surface area contributed by atoms with E-state index < -0.39 is 0 Å². The van der Waals surface area contributed by atoms with Crippen LogP contribution in [0.3, 0.4) is 0 Å². The van der Waals surface area contributed by atoms with Crippen LogP contribution in [0.25, 0.3) is 0 Å². The summed E-state index contributed by atoms with van der Waals surface area (Å²) in [6, 6.07) is 3.08. The topological polar surface area (TPSA) is 61.3 Å². The summed E-state index contributed by atoms with van der Waals surface area (Å²) < 4.78 is 0. The summed E-state index contributed by atoms with van der Waals surface area (Å²) in [6.45, 7) is 1.28. The van der Waals surface area contributed by atoms with Crippen molar-refractivity contribution in [2.75, 3.05) is 23.4 Å².